The van der Waals surface area contributed by atoms with Crippen molar-refractivity contribution in [2.24, 2.45) is 0 Å². The van der Waals surface area contributed by atoms with Crippen molar-refractivity contribution in [3.8, 4) is 5.75 Å². The lowest BCUT2D eigenvalue weighted by Crippen LogP contribution is -2.36. The number of halogens is 1. The molecule has 0 saturated heterocycles. The largest absolute Gasteiger partial charge is 0.481 e. The maximum absolute atomic E-state index is 11.6. The molecule has 0 aliphatic rings. The predicted molar refractivity (Wildman–Crippen MR) is 73.4 cm³/mol. The van der Waals surface area contributed by atoms with Gasteiger partial charge >= 0.3 is 0 Å². The SMILES string of the molecule is C=CCNC(=O)C(C)Oc1ccc(Br)c(CO)c1. The van der Waals surface area contributed by atoms with E-state index in [9.17, 15) is 4.79 Å². The molecule has 0 spiro atoms. The van der Waals surface area contributed by atoms with Crippen LogP contribution in [0.25, 0.3) is 0 Å². The number of carbonyl (C=O) groups is 1. The molecule has 1 amide bonds. The number of aliphatic hydroxyl groups excluding tert-OH is 1. The van der Waals surface area contributed by atoms with Crippen LogP contribution in [-0.4, -0.2) is 23.7 Å². The number of carbonyl (C=O) groups excluding carboxylic acids is 1. The lowest BCUT2D eigenvalue weighted by molar-refractivity contribution is -0.127. The fraction of sp³-hybridized carbons (Fsp3) is 0.308. The van der Waals surface area contributed by atoms with Crippen LogP contribution in [-0.2, 0) is 11.4 Å². The van der Waals surface area contributed by atoms with Crippen LogP contribution >= 0.6 is 15.9 Å². The summed E-state index contributed by atoms with van der Waals surface area (Å²) >= 11 is 3.31. The first kappa shape index (κ1) is 14.7. The number of nitrogens with one attached hydrogen (secondary N) is 1. The second-order valence-electron chi connectivity index (χ2n) is 3.71. The van der Waals surface area contributed by atoms with Crippen LogP contribution in [0.1, 0.15) is 12.5 Å². The Kier molecular flexibility index (Phi) is 5.88. The van der Waals surface area contributed by atoms with E-state index in [-0.39, 0.29) is 12.5 Å². The molecular weight excluding hydrogens is 298 g/mol. The number of rotatable bonds is 6. The number of benzene rings is 1. The van der Waals surface area contributed by atoms with Gasteiger partial charge in [-0.05, 0) is 30.7 Å². The minimum absolute atomic E-state index is 0.0885. The number of amides is 1. The van der Waals surface area contributed by atoms with Crippen LogP contribution in [0.3, 0.4) is 0 Å². The van der Waals surface area contributed by atoms with E-state index in [1.54, 1.807) is 31.2 Å². The molecule has 2 N–H and O–H groups in total. The summed E-state index contributed by atoms with van der Waals surface area (Å²) in [4.78, 5) is 11.6. The van der Waals surface area contributed by atoms with E-state index in [0.29, 0.717) is 17.9 Å². The molecular formula is C13H16BrNO3. The average molecular weight is 314 g/mol. The van der Waals surface area contributed by atoms with Gasteiger partial charge in [-0.3, -0.25) is 4.79 Å². The molecule has 1 aromatic carbocycles. The molecule has 1 aromatic rings. The Labute approximate surface area is 115 Å². The Morgan fingerprint density at radius 3 is 3.00 bits per heavy atom. The van der Waals surface area contributed by atoms with Gasteiger partial charge in [-0.25, -0.2) is 0 Å². The molecule has 0 aliphatic carbocycles. The molecule has 0 saturated carbocycles. The van der Waals surface area contributed by atoms with E-state index in [1.165, 1.54) is 0 Å². The maximum Gasteiger partial charge on any atom is 0.261 e. The first-order valence-corrected chi connectivity index (χ1v) is 6.32. The van der Waals surface area contributed by atoms with Crippen molar-refractivity contribution in [2.75, 3.05) is 6.54 Å². The standard InChI is InChI=1S/C13H16BrNO3/c1-3-6-15-13(17)9(2)18-11-4-5-12(14)10(7-11)8-16/h3-5,7,9,16H,1,6,8H2,2H3,(H,15,17). The van der Waals surface area contributed by atoms with Crippen molar-refractivity contribution < 1.29 is 14.6 Å². The van der Waals surface area contributed by atoms with Crippen LogP contribution in [0, 0.1) is 0 Å². The molecule has 0 bridgehead atoms. The molecule has 1 rings (SSSR count). The first-order valence-electron chi connectivity index (χ1n) is 5.53. The van der Waals surface area contributed by atoms with Crippen LogP contribution in [0.4, 0.5) is 0 Å². The van der Waals surface area contributed by atoms with Gasteiger partial charge in [0.25, 0.3) is 5.91 Å². The molecule has 1 unspecified atom stereocenters. The molecule has 0 aliphatic heterocycles. The fourth-order valence-electron chi connectivity index (χ4n) is 1.32. The zero-order valence-electron chi connectivity index (χ0n) is 10.1. The van der Waals surface area contributed by atoms with Gasteiger partial charge in [0.05, 0.1) is 6.61 Å². The van der Waals surface area contributed by atoms with Gasteiger partial charge in [0, 0.05) is 11.0 Å². The minimum atomic E-state index is -0.599. The van der Waals surface area contributed by atoms with E-state index < -0.39 is 6.10 Å². The normalized spacial score (nSPS) is 11.7. The zero-order chi connectivity index (χ0) is 13.5. The Balaban J connectivity index is 2.66. The van der Waals surface area contributed by atoms with Crippen molar-refractivity contribution in [1.29, 1.82) is 0 Å². The van der Waals surface area contributed by atoms with E-state index in [0.717, 1.165) is 4.47 Å². The van der Waals surface area contributed by atoms with Gasteiger partial charge in [-0.2, -0.15) is 0 Å². The number of hydrogen-bond donors (Lipinski definition) is 2. The quantitative estimate of drug-likeness (QED) is 0.790. The van der Waals surface area contributed by atoms with Crippen molar-refractivity contribution in [1.82, 2.24) is 5.32 Å². The second kappa shape index (κ2) is 7.18. The lowest BCUT2D eigenvalue weighted by Gasteiger charge is -2.15. The Bertz CT molecular complexity index is 434. The van der Waals surface area contributed by atoms with Gasteiger partial charge in [0.15, 0.2) is 6.10 Å². The molecule has 0 heterocycles. The highest BCUT2D eigenvalue weighted by molar-refractivity contribution is 9.10. The van der Waals surface area contributed by atoms with E-state index in [1.807, 2.05) is 0 Å². The summed E-state index contributed by atoms with van der Waals surface area (Å²) < 4.78 is 6.30. The van der Waals surface area contributed by atoms with Gasteiger partial charge in [0.2, 0.25) is 0 Å². The first-order chi connectivity index (χ1) is 8.58. The minimum Gasteiger partial charge on any atom is -0.481 e. The third-order valence-corrected chi connectivity index (χ3v) is 3.06. The highest BCUT2D eigenvalue weighted by Crippen LogP contribution is 2.23. The second-order valence-corrected chi connectivity index (χ2v) is 4.56. The highest BCUT2D eigenvalue weighted by atomic mass is 79.9. The summed E-state index contributed by atoms with van der Waals surface area (Å²) in [5, 5.41) is 11.8. The summed E-state index contributed by atoms with van der Waals surface area (Å²) in [5.41, 5.74) is 0.714. The van der Waals surface area contributed by atoms with Crippen molar-refractivity contribution >= 4 is 21.8 Å². The Morgan fingerprint density at radius 1 is 1.67 bits per heavy atom. The smallest absolute Gasteiger partial charge is 0.261 e. The highest BCUT2D eigenvalue weighted by Gasteiger charge is 2.14. The molecule has 1 atom stereocenters. The van der Waals surface area contributed by atoms with Crippen LogP contribution in [0.2, 0.25) is 0 Å². The van der Waals surface area contributed by atoms with Gasteiger partial charge < -0.3 is 15.2 Å². The summed E-state index contributed by atoms with van der Waals surface area (Å²) in [5.74, 6) is 0.340. The summed E-state index contributed by atoms with van der Waals surface area (Å²) in [6, 6.07) is 5.21. The van der Waals surface area contributed by atoms with Crippen molar-refractivity contribution in [2.45, 2.75) is 19.6 Å². The summed E-state index contributed by atoms with van der Waals surface area (Å²) in [6.45, 7) is 5.51. The topological polar surface area (TPSA) is 58.6 Å². The molecule has 98 valence electrons. The number of hydrogen-bond acceptors (Lipinski definition) is 3. The van der Waals surface area contributed by atoms with E-state index in [2.05, 4.69) is 27.8 Å². The molecule has 4 nitrogen and oxygen atoms in total. The third-order valence-electron chi connectivity index (χ3n) is 2.29. The van der Waals surface area contributed by atoms with Gasteiger partial charge in [0.1, 0.15) is 5.75 Å². The molecule has 5 heteroatoms. The molecule has 0 fully saturated rings. The van der Waals surface area contributed by atoms with Crippen LogP contribution in [0.5, 0.6) is 5.75 Å². The summed E-state index contributed by atoms with van der Waals surface area (Å²) in [6.07, 6.45) is 1.01. The third kappa shape index (κ3) is 4.16. The van der Waals surface area contributed by atoms with E-state index >= 15 is 0 Å². The monoisotopic (exact) mass is 313 g/mol. The van der Waals surface area contributed by atoms with Crippen molar-refractivity contribution in [3.05, 3.63) is 40.9 Å². The van der Waals surface area contributed by atoms with Crippen molar-refractivity contribution in [3.63, 3.8) is 0 Å². The zero-order valence-corrected chi connectivity index (χ0v) is 11.7. The number of ether oxygens (including phenoxy) is 1. The molecule has 18 heavy (non-hydrogen) atoms. The van der Waals surface area contributed by atoms with Gasteiger partial charge in [-0.1, -0.05) is 22.0 Å². The number of aliphatic hydroxyl groups is 1. The lowest BCUT2D eigenvalue weighted by atomic mass is 10.2. The Morgan fingerprint density at radius 2 is 2.39 bits per heavy atom. The summed E-state index contributed by atoms with van der Waals surface area (Å²) in [7, 11) is 0. The van der Waals surface area contributed by atoms with E-state index in [4.69, 9.17) is 9.84 Å². The van der Waals surface area contributed by atoms with Crippen LogP contribution < -0.4 is 10.1 Å². The average Bonchev–Trinajstić information content (AvgIpc) is 2.37. The maximum atomic E-state index is 11.6. The molecule has 0 radical (unpaired) electrons. The van der Waals surface area contributed by atoms with Gasteiger partial charge in [-0.15, -0.1) is 6.58 Å². The fourth-order valence-corrected chi connectivity index (χ4v) is 1.69. The van der Waals surface area contributed by atoms with Crippen LogP contribution in [0.15, 0.2) is 35.3 Å². The Hall–Kier alpha value is -1.33. The predicted octanol–water partition coefficient (Wildman–Crippen LogP) is 2.01. The molecule has 0 aromatic heterocycles.